The maximum absolute atomic E-state index is 14.5. The fourth-order valence-corrected chi connectivity index (χ4v) is 6.85. The highest BCUT2D eigenvalue weighted by Gasteiger charge is 2.35. The number of hydrogen-bond acceptors (Lipinski definition) is 4. The second-order valence-corrected chi connectivity index (χ2v) is 13.5. The lowest BCUT2D eigenvalue weighted by Crippen LogP contribution is -2.53. The van der Waals surface area contributed by atoms with Crippen LogP contribution in [0.4, 0.5) is 5.69 Å². The summed E-state index contributed by atoms with van der Waals surface area (Å²) < 4.78 is 29.3. The van der Waals surface area contributed by atoms with Gasteiger partial charge < -0.3 is 10.2 Å². The van der Waals surface area contributed by atoms with Crippen LogP contribution in [0, 0.1) is 13.8 Å². The van der Waals surface area contributed by atoms with Gasteiger partial charge in [-0.05, 0) is 73.4 Å². The van der Waals surface area contributed by atoms with Crippen molar-refractivity contribution in [1.29, 1.82) is 0 Å². The van der Waals surface area contributed by atoms with Crippen LogP contribution < -0.4 is 9.62 Å². The van der Waals surface area contributed by atoms with Gasteiger partial charge >= 0.3 is 0 Å². The molecule has 4 aromatic carbocycles. The van der Waals surface area contributed by atoms with Gasteiger partial charge in [0, 0.05) is 35.1 Å². The molecule has 0 bridgehead atoms. The minimum absolute atomic E-state index is 0.0400. The maximum atomic E-state index is 14.5. The van der Waals surface area contributed by atoms with E-state index in [0.717, 1.165) is 21.0 Å². The topological polar surface area (TPSA) is 86.8 Å². The average molecular weight is 667 g/mol. The first-order valence-electron chi connectivity index (χ1n) is 14.7. The molecule has 1 atom stereocenters. The predicted octanol–water partition coefficient (Wildman–Crippen LogP) is 6.97. The summed E-state index contributed by atoms with van der Waals surface area (Å²) in [7, 11) is -4.19. The van der Waals surface area contributed by atoms with Crippen LogP contribution in [-0.4, -0.2) is 44.3 Å². The van der Waals surface area contributed by atoms with Crippen LogP contribution in [0.3, 0.4) is 0 Å². The number of benzene rings is 4. The third-order valence-corrected chi connectivity index (χ3v) is 10.1. The van der Waals surface area contributed by atoms with Crippen LogP contribution in [-0.2, 0) is 32.6 Å². The van der Waals surface area contributed by atoms with Gasteiger partial charge in [-0.1, -0.05) is 90.8 Å². The Morgan fingerprint density at radius 3 is 2.04 bits per heavy atom. The fraction of sp³-hybridized carbons (Fsp3) is 0.257. The summed E-state index contributed by atoms with van der Waals surface area (Å²) in [6.45, 7) is 5.49. The van der Waals surface area contributed by atoms with E-state index < -0.39 is 28.5 Å². The molecule has 0 aliphatic heterocycles. The zero-order chi connectivity index (χ0) is 32.6. The van der Waals surface area contributed by atoms with E-state index in [4.69, 9.17) is 23.2 Å². The van der Waals surface area contributed by atoms with Crippen molar-refractivity contribution in [3.05, 3.63) is 129 Å². The second kappa shape index (κ2) is 15.4. The van der Waals surface area contributed by atoms with E-state index in [1.807, 2.05) is 57.2 Å². The summed E-state index contributed by atoms with van der Waals surface area (Å²) >= 11 is 13.1. The molecule has 0 spiro atoms. The number of amides is 2. The molecule has 0 saturated heterocycles. The Kier molecular flexibility index (Phi) is 11.7. The molecule has 0 aliphatic carbocycles. The first-order chi connectivity index (χ1) is 21.5. The summed E-state index contributed by atoms with van der Waals surface area (Å²) in [6.07, 6.45) is 0.892. The van der Waals surface area contributed by atoms with Gasteiger partial charge in [0.2, 0.25) is 11.8 Å². The molecule has 0 aromatic heterocycles. The second-order valence-electron chi connectivity index (χ2n) is 10.8. The minimum Gasteiger partial charge on any atom is -0.354 e. The number of carbonyl (C=O) groups is 2. The highest BCUT2D eigenvalue weighted by Crippen LogP contribution is 2.29. The van der Waals surface area contributed by atoms with Gasteiger partial charge in [-0.3, -0.25) is 13.9 Å². The van der Waals surface area contributed by atoms with E-state index in [1.54, 1.807) is 48.5 Å². The number of aryl methyl sites for hydroxylation is 2. The standard InChI is InChI=1S/C35H37Cl2N3O4S/c1-4-20-38-35(42)33(22-27-12-7-5-8-13-27)39(23-30-31(36)16-11-17-32(30)37)34(41)24-40(28-19-18-25(2)26(3)21-28)45(43,44)29-14-9-6-10-15-29/h5-19,21,33H,4,20,22-24H2,1-3H3,(H,38,42)/t33-/m0/s1. The number of carbonyl (C=O) groups excluding carboxylic acids is 2. The molecule has 7 nitrogen and oxygen atoms in total. The zero-order valence-corrected chi connectivity index (χ0v) is 27.9. The van der Waals surface area contributed by atoms with E-state index in [9.17, 15) is 18.0 Å². The number of halogens is 2. The predicted molar refractivity (Wildman–Crippen MR) is 181 cm³/mol. The van der Waals surface area contributed by atoms with Crippen molar-refractivity contribution >= 4 is 50.7 Å². The van der Waals surface area contributed by atoms with E-state index in [1.165, 1.54) is 17.0 Å². The van der Waals surface area contributed by atoms with Crippen molar-refractivity contribution in [2.75, 3.05) is 17.4 Å². The molecule has 2 amide bonds. The molecule has 0 heterocycles. The van der Waals surface area contributed by atoms with Crippen molar-refractivity contribution in [3.63, 3.8) is 0 Å². The lowest BCUT2D eigenvalue weighted by atomic mass is 10.0. The summed E-state index contributed by atoms with van der Waals surface area (Å²) in [6, 6.07) is 26.6. The minimum atomic E-state index is -4.19. The van der Waals surface area contributed by atoms with Crippen LogP contribution in [0.1, 0.15) is 35.6 Å². The fourth-order valence-electron chi connectivity index (χ4n) is 4.90. The molecule has 0 saturated carbocycles. The number of anilines is 1. The Labute approximate surface area is 275 Å². The average Bonchev–Trinajstić information content (AvgIpc) is 3.03. The van der Waals surface area contributed by atoms with Crippen molar-refractivity contribution < 1.29 is 18.0 Å². The first-order valence-corrected chi connectivity index (χ1v) is 16.9. The van der Waals surface area contributed by atoms with Crippen LogP contribution in [0.5, 0.6) is 0 Å². The lowest BCUT2D eigenvalue weighted by molar-refractivity contribution is -0.140. The first kappa shape index (κ1) is 34.0. The smallest absolute Gasteiger partial charge is 0.264 e. The van der Waals surface area contributed by atoms with Crippen LogP contribution in [0.2, 0.25) is 10.0 Å². The lowest BCUT2D eigenvalue weighted by Gasteiger charge is -2.34. The van der Waals surface area contributed by atoms with Gasteiger partial charge in [-0.15, -0.1) is 0 Å². The number of nitrogens with one attached hydrogen (secondary N) is 1. The quantitative estimate of drug-likeness (QED) is 0.167. The van der Waals surface area contributed by atoms with Crippen molar-refractivity contribution in [1.82, 2.24) is 10.2 Å². The Morgan fingerprint density at radius 1 is 0.822 bits per heavy atom. The van der Waals surface area contributed by atoms with Crippen LogP contribution in [0.25, 0.3) is 0 Å². The molecular weight excluding hydrogens is 629 g/mol. The highest BCUT2D eigenvalue weighted by molar-refractivity contribution is 7.92. The Bertz CT molecular complexity index is 1710. The van der Waals surface area contributed by atoms with Gasteiger partial charge in [0.1, 0.15) is 12.6 Å². The van der Waals surface area contributed by atoms with Gasteiger partial charge in [0.15, 0.2) is 0 Å². The van der Waals surface area contributed by atoms with E-state index in [-0.39, 0.29) is 23.8 Å². The number of rotatable bonds is 13. The Balaban J connectivity index is 1.84. The van der Waals surface area contributed by atoms with Crippen molar-refractivity contribution in [2.24, 2.45) is 0 Å². The summed E-state index contributed by atoms with van der Waals surface area (Å²) in [5, 5.41) is 3.59. The van der Waals surface area contributed by atoms with Gasteiger partial charge in [0.05, 0.1) is 10.6 Å². The number of hydrogen-bond donors (Lipinski definition) is 1. The van der Waals surface area contributed by atoms with E-state index in [2.05, 4.69) is 5.32 Å². The van der Waals surface area contributed by atoms with Gasteiger partial charge in [-0.2, -0.15) is 0 Å². The molecule has 0 fully saturated rings. The number of sulfonamides is 1. The summed E-state index contributed by atoms with van der Waals surface area (Å²) in [4.78, 5) is 29.7. The molecule has 0 aliphatic rings. The maximum Gasteiger partial charge on any atom is 0.264 e. The molecule has 4 aromatic rings. The molecular formula is C35H37Cl2N3O4S. The molecule has 4 rings (SSSR count). The van der Waals surface area contributed by atoms with Crippen LogP contribution in [0.15, 0.2) is 102 Å². The summed E-state index contributed by atoms with van der Waals surface area (Å²) in [5.41, 5.74) is 3.47. The van der Waals surface area contributed by atoms with E-state index in [0.29, 0.717) is 34.3 Å². The molecule has 236 valence electrons. The summed E-state index contributed by atoms with van der Waals surface area (Å²) in [5.74, 6) is -0.947. The monoisotopic (exact) mass is 665 g/mol. The Hall–Kier alpha value is -3.85. The zero-order valence-electron chi connectivity index (χ0n) is 25.5. The normalized spacial score (nSPS) is 11.9. The van der Waals surface area contributed by atoms with Gasteiger partial charge in [-0.25, -0.2) is 8.42 Å². The van der Waals surface area contributed by atoms with E-state index >= 15 is 0 Å². The molecule has 45 heavy (non-hydrogen) atoms. The van der Waals surface area contributed by atoms with Crippen LogP contribution >= 0.6 is 23.2 Å². The largest absolute Gasteiger partial charge is 0.354 e. The molecule has 0 radical (unpaired) electrons. The highest BCUT2D eigenvalue weighted by atomic mass is 35.5. The molecule has 10 heteroatoms. The van der Waals surface area contributed by atoms with Gasteiger partial charge in [0.25, 0.3) is 10.0 Å². The third-order valence-electron chi connectivity index (χ3n) is 7.60. The third kappa shape index (κ3) is 8.45. The molecule has 0 unspecified atom stereocenters. The SMILES string of the molecule is CCCNC(=O)[C@H](Cc1ccccc1)N(Cc1c(Cl)cccc1Cl)C(=O)CN(c1ccc(C)c(C)c1)S(=O)(=O)c1ccccc1. The van der Waals surface area contributed by atoms with Crippen molar-refractivity contribution in [3.8, 4) is 0 Å². The number of nitrogens with zero attached hydrogens (tertiary/aromatic N) is 2. The Morgan fingerprint density at radius 2 is 1.44 bits per heavy atom. The molecule has 1 N–H and O–H groups in total. The van der Waals surface area contributed by atoms with Crippen molar-refractivity contribution in [2.45, 2.75) is 51.1 Å².